The van der Waals surface area contributed by atoms with Gasteiger partial charge in [0.25, 0.3) is 11.6 Å². The minimum atomic E-state index is -0.668. The summed E-state index contributed by atoms with van der Waals surface area (Å²) in [6.07, 6.45) is 0. The number of aryl methyl sites for hydroxylation is 1. The van der Waals surface area contributed by atoms with E-state index < -0.39 is 10.8 Å². The molecule has 0 fully saturated rings. The van der Waals surface area contributed by atoms with Crippen molar-refractivity contribution in [1.82, 2.24) is 4.98 Å². The Morgan fingerprint density at radius 1 is 1.31 bits per heavy atom. The number of benzene rings is 2. The number of ether oxygens (including phenoxy) is 1. The maximum atomic E-state index is 12.3. The second-order valence-electron chi connectivity index (χ2n) is 5.47. The molecular formula is C17H14N4O5. The van der Waals surface area contributed by atoms with Crippen molar-refractivity contribution in [3.05, 3.63) is 57.6 Å². The summed E-state index contributed by atoms with van der Waals surface area (Å²) in [7, 11) is 1.43. The molecule has 9 heteroatoms. The number of non-ortho nitro benzene ring substituents is 1. The van der Waals surface area contributed by atoms with Crippen LogP contribution in [0.5, 0.6) is 11.6 Å². The molecule has 1 amide bonds. The Morgan fingerprint density at radius 3 is 2.73 bits per heavy atom. The highest BCUT2D eigenvalue weighted by atomic mass is 16.6. The number of rotatable bonds is 4. The predicted octanol–water partition coefficient (Wildman–Crippen LogP) is 4.02. The van der Waals surface area contributed by atoms with Gasteiger partial charge in [-0.1, -0.05) is 12.1 Å². The molecule has 1 heterocycles. The van der Waals surface area contributed by atoms with Gasteiger partial charge in [-0.3, -0.25) is 14.9 Å². The van der Waals surface area contributed by atoms with E-state index in [9.17, 15) is 20.0 Å². The number of nitro benzene ring substituents is 1. The van der Waals surface area contributed by atoms with Gasteiger partial charge in [-0.05, 0) is 24.6 Å². The number of para-hydroxylation sites is 1. The van der Waals surface area contributed by atoms with Crippen LogP contribution in [0.4, 0.5) is 11.4 Å². The van der Waals surface area contributed by atoms with Gasteiger partial charge in [-0.25, -0.2) is 0 Å². The van der Waals surface area contributed by atoms with E-state index in [4.69, 9.17) is 4.74 Å². The van der Waals surface area contributed by atoms with Gasteiger partial charge in [0.05, 0.1) is 23.1 Å². The highest BCUT2D eigenvalue weighted by Crippen LogP contribution is 2.39. The van der Waals surface area contributed by atoms with Crippen LogP contribution in [0, 0.1) is 17.0 Å². The summed E-state index contributed by atoms with van der Waals surface area (Å²) in [6.45, 7) is 1.66. The number of nitro groups is 1. The summed E-state index contributed by atoms with van der Waals surface area (Å²) in [5, 5.41) is 28.8. The van der Waals surface area contributed by atoms with Crippen molar-refractivity contribution < 1.29 is 19.6 Å². The number of nitrogens with one attached hydrogen (secondary N) is 1. The highest BCUT2D eigenvalue weighted by Gasteiger charge is 2.18. The summed E-state index contributed by atoms with van der Waals surface area (Å²) in [4.78, 5) is 25.5. The number of hydrogen-bond acceptors (Lipinski definition) is 6. The molecule has 26 heavy (non-hydrogen) atoms. The number of azo groups is 1. The van der Waals surface area contributed by atoms with E-state index in [-0.39, 0.29) is 22.8 Å². The fourth-order valence-corrected chi connectivity index (χ4v) is 2.60. The fourth-order valence-electron chi connectivity index (χ4n) is 2.60. The maximum Gasteiger partial charge on any atom is 0.299 e. The van der Waals surface area contributed by atoms with Crippen LogP contribution >= 0.6 is 0 Å². The van der Waals surface area contributed by atoms with Crippen LogP contribution in [0.25, 0.3) is 10.9 Å². The molecule has 0 bridgehead atoms. The SMILES string of the molecule is COc1ccccc1C(=O)N=Nc1c(O)[nH]c2c(C)cc([N+](=O)[O-])cc12. The first-order valence-electron chi connectivity index (χ1n) is 7.51. The minimum absolute atomic E-state index is 0.0463. The van der Waals surface area contributed by atoms with Gasteiger partial charge in [-0.15, -0.1) is 10.2 Å². The van der Waals surface area contributed by atoms with Crippen LogP contribution in [0.3, 0.4) is 0 Å². The molecule has 0 atom stereocenters. The molecule has 0 saturated heterocycles. The average Bonchev–Trinajstić information content (AvgIpc) is 2.95. The average molecular weight is 354 g/mol. The third-order valence-corrected chi connectivity index (χ3v) is 3.83. The third kappa shape index (κ3) is 2.97. The van der Waals surface area contributed by atoms with Crippen molar-refractivity contribution in [3.8, 4) is 11.6 Å². The topological polar surface area (TPSA) is 130 Å². The van der Waals surface area contributed by atoms with Crippen molar-refractivity contribution in [2.45, 2.75) is 6.92 Å². The lowest BCUT2D eigenvalue weighted by molar-refractivity contribution is -0.384. The van der Waals surface area contributed by atoms with Crippen LogP contribution in [-0.2, 0) is 0 Å². The number of carbonyl (C=O) groups is 1. The van der Waals surface area contributed by atoms with Gasteiger partial charge in [0.2, 0.25) is 5.88 Å². The van der Waals surface area contributed by atoms with E-state index in [1.165, 1.54) is 25.3 Å². The number of methoxy groups -OCH3 is 1. The number of amides is 1. The Hall–Kier alpha value is -3.75. The van der Waals surface area contributed by atoms with Gasteiger partial charge in [0.15, 0.2) is 5.69 Å². The van der Waals surface area contributed by atoms with Gasteiger partial charge in [0.1, 0.15) is 5.75 Å². The summed E-state index contributed by atoms with van der Waals surface area (Å²) in [5.74, 6) is -0.662. The van der Waals surface area contributed by atoms with Crippen molar-refractivity contribution in [1.29, 1.82) is 0 Å². The number of aromatic nitrogens is 1. The lowest BCUT2D eigenvalue weighted by Crippen LogP contribution is -1.97. The standard InChI is InChI=1S/C17H14N4O5/c1-9-7-10(21(24)25)8-12-14(9)18-17(23)15(12)19-20-16(22)11-5-3-4-6-13(11)26-2/h3-8,18,23H,1-2H3. The molecule has 0 aliphatic carbocycles. The van der Waals surface area contributed by atoms with Crippen molar-refractivity contribution in [3.63, 3.8) is 0 Å². The minimum Gasteiger partial charge on any atom is -0.496 e. The van der Waals surface area contributed by atoms with Gasteiger partial charge in [0, 0.05) is 17.5 Å². The van der Waals surface area contributed by atoms with Crippen molar-refractivity contribution >= 4 is 28.2 Å². The van der Waals surface area contributed by atoms with E-state index in [0.717, 1.165) is 0 Å². The molecule has 3 aromatic rings. The van der Waals surface area contributed by atoms with Gasteiger partial charge < -0.3 is 14.8 Å². The second-order valence-corrected chi connectivity index (χ2v) is 5.47. The Kier molecular flexibility index (Phi) is 4.36. The summed E-state index contributed by atoms with van der Waals surface area (Å²) in [6, 6.07) is 9.14. The Balaban J connectivity index is 2.05. The second kappa shape index (κ2) is 6.63. The van der Waals surface area contributed by atoms with Crippen LogP contribution in [-0.4, -0.2) is 28.0 Å². The number of hydrogen-bond donors (Lipinski definition) is 2. The Labute approximate surface area is 147 Å². The first-order chi connectivity index (χ1) is 12.4. The molecule has 0 unspecified atom stereocenters. The third-order valence-electron chi connectivity index (χ3n) is 3.83. The highest BCUT2D eigenvalue weighted by molar-refractivity contribution is 5.99. The summed E-state index contributed by atoms with van der Waals surface area (Å²) in [5.41, 5.74) is 1.05. The van der Waals surface area contributed by atoms with Gasteiger partial charge in [-0.2, -0.15) is 0 Å². The Bertz CT molecular complexity index is 1050. The van der Waals surface area contributed by atoms with Crippen molar-refractivity contribution in [2.75, 3.05) is 7.11 Å². The van der Waals surface area contributed by atoms with Crippen molar-refractivity contribution in [2.24, 2.45) is 10.2 Å². The first kappa shape index (κ1) is 17.1. The molecule has 0 aliphatic rings. The first-order valence-corrected chi connectivity index (χ1v) is 7.51. The number of nitrogens with zero attached hydrogens (tertiary/aromatic N) is 3. The molecule has 9 nitrogen and oxygen atoms in total. The van der Waals surface area contributed by atoms with Gasteiger partial charge >= 0.3 is 0 Å². The Morgan fingerprint density at radius 2 is 2.04 bits per heavy atom. The van der Waals surface area contributed by atoms with Crippen LogP contribution in [0.1, 0.15) is 15.9 Å². The zero-order valence-corrected chi connectivity index (χ0v) is 13.9. The molecular weight excluding hydrogens is 340 g/mol. The number of aromatic hydroxyl groups is 1. The molecule has 3 rings (SSSR count). The fraction of sp³-hybridized carbons (Fsp3) is 0.118. The molecule has 0 saturated carbocycles. The lowest BCUT2D eigenvalue weighted by Gasteiger charge is -2.03. The summed E-state index contributed by atoms with van der Waals surface area (Å²) < 4.78 is 5.10. The molecule has 2 aromatic carbocycles. The van der Waals surface area contributed by atoms with E-state index in [0.29, 0.717) is 22.2 Å². The zero-order valence-electron chi connectivity index (χ0n) is 13.9. The molecule has 1 aromatic heterocycles. The predicted molar refractivity (Wildman–Crippen MR) is 93.2 cm³/mol. The quantitative estimate of drug-likeness (QED) is 0.415. The normalized spacial score (nSPS) is 11.2. The largest absolute Gasteiger partial charge is 0.496 e. The smallest absolute Gasteiger partial charge is 0.299 e. The number of aromatic amines is 1. The molecule has 132 valence electrons. The monoisotopic (exact) mass is 354 g/mol. The number of carbonyl (C=O) groups excluding carboxylic acids is 1. The van der Waals surface area contributed by atoms with Crippen LogP contribution in [0.15, 0.2) is 46.6 Å². The number of H-pyrrole nitrogens is 1. The molecule has 0 radical (unpaired) electrons. The summed E-state index contributed by atoms with van der Waals surface area (Å²) >= 11 is 0. The molecule has 0 aliphatic heterocycles. The molecule has 0 spiro atoms. The molecule has 2 N–H and O–H groups in total. The van der Waals surface area contributed by atoms with E-state index in [1.54, 1.807) is 25.1 Å². The van der Waals surface area contributed by atoms with E-state index >= 15 is 0 Å². The van der Waals surface area contributed by atoms with E-state index in [2.05, 4.69) is 15.2 Å². The van der Waals surface area contributed by atoms with Crippen LogP contribution in [0.2, 0.25) is 0 Å². The lowest BCUT2D eigenvalue weighted by atomic mass is 10.1. The zero-order chi connectivity index (χ0) is 18.8. The maximum absolute atomic E-state index is 12.3. The number of fused-ring (bicyclic) bond motifs is 1. The van der Waals surface area contributed by atoms with Crippen LogP contribution < -0.4 is 4.74 Å². The van der Waals surface area contributed by atoms with E-state index in [1.807, 2.05) is 0 Å².